The molecule has 6 heteroatoms. The molecule has 0 aliphatic heterocycles. The summed E-state index contributed by atoms with van der Waals surface area (Å²) in [6, 6.07) is 63.3. The Balaban J connectivity index is 1.16. The Bertz CT molecular complexity index is 3870. The smallest absolute Gasteiger partial charge is 0.166 e. The van der Waals surface area contributed by atoms with Gasteiger partial charge in [0.2, 0.25) is 0 Å². The number of benzene rings is 9. The van der Waals surface area contributed by atoms with E-state index in [9.17, 15) is 0 Å². The van der Waals surface area contributed by atoms with Crippen LogP contribution in [0.1, 0.15) is 0 Å². The Hall–Kier alpha value is -8.09. The fraction of sp³-hybridized carbons (Fsp3) is 0. The van der Waals surface area contributed by atoms with Crippen molar-refractivity contribution in [2.75, 3.05) is 0 Å². The van der Waals surface area contributed by atoms with E-state index in [1.54, 1.807) is 0 Å². The Morgan fingerprint density at radius 1 is 0.339 bits per heavy atom. The lowest BCUT2D eigenvalue weighted by molar-refractivity contribution is 0.668. The zero-order valence-electron chi connectivity index (χ0n) is 31.4. The molecule has 0 bridgehead atoms. The number of fused-ring (bicyclic) bond motifs is 12. The van der Waals surface area contributed by atoms with Crippen LogP contribution in [-0.4, -0.2) is 19.5 Å². The average molecular weight is 755 g/mol. The lowest BCUT2D eigenvalue weighted by Gasteiger charge is -2.16. The fourth-order valence-corrected chi connectivity index (χ4v) is 9.14. The number of nitrogens with zero attached hydrogens (tertiary/aromatic N) is 4. The molecule has 59 heavy (non-hydrogen) atoms. The Morgan fingerprint density at radius 3 is 1.76 bits per heavy atom. The van der Waals surface area contributed by atoms with Gasteiger partial charge in [-0.3, -0.25) is 0 Å². The summed E-state index contributed by atoms with van der Waals surface area (Å²) in [5.74, 6) is 1.72. The number of hydrogen-bond donors (Lipinski definition) is 0. The minimum Gasteiger partial charge on any atom is -0.456 e. The molecule has 13 rings (SSSR count). The van der Waals surface area contributed by atoms with Gasteiger partial charge >= 0.3 is 0 Å². The fourth-order valence-electron chi connectivity index (χ4n) is 9.14. The van der Waals surface area contributed by atoms with Crippen molar-refractivity contribution in [3.63, 3.8) is 0 Å². The predicted molar refractivity (Wildman–Crippen MR) is 240 cm³/mol. The van der Waals surface area contributed by atoms with Gasteiger partial charge in [-0.25, -0.2) is 15.0 Å². The van der Waals surface area contributed by atoms with Gasteiger partial charge in [0.15, 0.2) is 17.5 Å². The lowest BCUT2D eigenvalue weighted by atomic mass is 10.0. The van der Waals surface area contributed by atoms with Crippen LogP contribution in [0.5, 0.6) is 0 Å². The summed E-state index contributed by atoms with van der Waals surface area (Å²) >= 11 is 0. The molecule has 0 N–H and O–H groups in total. The van der Waals surface area contributed by atoms with Crippen molar-refractivity contribution < 1.29 is 8.83 Å². The predicted octanol–water partition coefficient (Wildman–Crippen LogP) is 14.1. The van der Waals surface area contributed by atoms with Crippen molar-refractivity contribution in [2.45, 2.75) is 0 Å². The summed E-state index contributed by atoms with van der Waals surface area (Å²) in [5.41, 5.74) is 9.03. The molecular weight excluding hydrogens is 725 g/mol. The van der Waals surface area contributed by atoms with Crippen molar-refractivity contribution >= 4 is 87.2 Å². The molecule has 0 unspecified atom stereocenters. The molecule has 13 aromatic rings. The van der Waals surface area contributed by atoms with Crippen molar-refractivity contribution in [3.8, 4) is 39.9 Å². The van der Waals surface area contributed by atoms with Crippen LogP contribution in [0.4, 0.5) is 0 Å². The number of furan rings is 2. The molecule has 0 aliphatic rings. The minimum absolute atomic E-state index is 0.559. The normalized spacial score (nSPS) is 12.1. The second kappa shape index (κ2) is 12.2. The highest BCUT2D eigenvalue weighted by atomic mass is 16.3. The quantitative estimate of drug-likeness (QED) is 0.179. The zero-order valence-corrected chi connectivity index (χ0v) is 31.4. The van der Waals surface area contributed by atoms with Crippen molar-refractivity contribution in [3.05, 3.63) is 182 Å². The van der Waals surface area contributed by atoms with Gasteiger partial charge in [0.25, 0.3) is 0 Å². The Labute approximate surface area is 336 Å². The van der Waals surface area contributed by atoms with E-state index in [1.165, 1.54) is 21.5 Å². The topological polar surface area (TPSA) is 69.9 Å². The monoisotopic (exact) mass is 754 g/mol. The molecule has 0 aliphatic carbocycles. The maximum Gasteiger partial charge on any atom is 0.166 e. The molecule has 4 heterocycles. The molecule has 0 radical (unpaired) electrons. The first-order valence-electron chi connectivity index (χ1n) is 19.8. The molecule has 9 aromatic carbocycles. The molecule has 0 atom stereocenters. The van der Waals surface area contributed by atoms with E-state index in [-0.39, 0.29) is 0 Å². The molecule has 6 nitrogen and oxygen atoms in total. The number of rotatable bonds is 4. The summed E-state index contributed by atoms with van der Waals surface area (Å²) in [6.45, 7) is 0. The van der Waals surface area contributed by atoms with Gasteiger partial charge in [0.1, 0.15) is 22.3 Å². The average Bonchev–Trinajstić information content (AvgIpc) is 3.98. The van der Waals surface area contributed by atoms with Crippen LogP contribution in [0.25, 0.3) is 127 Å². The van der Waals surface area contributed by atoms with E-state index in [4.69, 9.17) is 23.8 Å². The van der Waals surface area contributed by atoms with E-state index in [1.807, 2.05) is 42.5 Å². The summed E-state index contributed by atoms with van der Waals surface area (Å²) in [6.07, 6.45) is 0. The molecule has 0 fully saturated rings. The number of aromatic nitrogens is 4. The first-order valence-corrected chi connectivity index (χ1v) is 19.8. The van der Waals surface area contributed by atoms with Gasteiger partial charge < -0.3 is 13.4 Å². The van der Waals surface area contributed by atoms with E-state index in [0.29, 0.717) is 17.5 Å². The molecule has 4 aromatic heterocycles. The van der Waals surface area contributed by atoms with E-state index in [2.05, 4.69) is 144 Å². The first-order chi connectivity index (χ1) is 29.2. The summed E-state index contributed by atoms with van der Waals surface area (Å²) in [4.78, 5) is 16.0. The minimum atomic E-state index is 0.559. The maximum absolute atomic E-state index is 6.60. The molecule has 0 spiro atoms. The highest BCUT2D eigenvalue weighted by Gasteiger charge is 2.25. The first kappa shape index (κ1) is 32.0. The van der Waals surface area contributed by atoms with Gasteiger partial charge in [0.05, 0.1) is 22.1 Å². The molecule has 0 saturated heterocycles. The molecular formula is C53H30N4O2. The van der Waals surface area contributed by atoms with Crippen LogP contribution in [-0.2, 0) is 0 Å². The van der Waals surface area contributed by atoms with Gasteiger partial charge in [-0.2, -0.15) is 0 Å². The lowest BCUT2D eigenvalue weighted by Crippen LogP contribution is -2.04. The summed E-state index contributed by atoms with van der Waals surface area (Å²) in [7, 11) is 0. The summed E-state index contributed by atoms with van der Waals surface area (Å²) in [5, 5.41) is 11.1. The SMILES string of the molecule is c1ccc2cc(-c3nc(-c4ccc5oc6ccccc6c5c4)nc(-c4ccc5oc6ccccc6c5c4-n4c5ccccc5c5c6ccccc6ccc54)n3)ccc2c1. The molecule has 0 amide bonds. The number of para-hydroxylation sites is 3. The highest BCUT2D eigenvalue weighted by Crippen LogP contribution is 2.45. The van der Waals surface area contributed by atoms with Gasteiger partial charge in [-0.05, 0) is 82.2 Å². The third-order valence-corrected chi connectivity index (χ3v) is 11.8. The van der Waals surface area contributed by atoms with Crippen molar-refractivity contribution in [2.24, 2.45) is 0 Å². The van der Waals surface area contributed by atoms with Crippen LogP contribution < -0.4 is 0 Å². The van der Waals surface area contributed by atoms with Gasteiger partial charge in [0, 0.05) is 43.6 Å². The third-order valence-electron chi connectivity index (χ3n) is 11.8. The van der Waals surface area contributed by atoms with Gasteiger partial charge in [-0.15, -0.1) is 0 Å². The van der Waals surface area contributed by atoms with Crippen LogP contribution in [0.2, 0.25) is 0 Å². The second-order valence-electron chi connectivity index (χ2n) is 15.1. The maximum atomic E-state index is 6.60. The van der Waals surface area contributed by atoms with Crippen molar-refractivity contribution in [1.82, 2.24) is 19.5 Å². The zero-order chi connectivity index (χ0) is 38.6. The van der Waals surface area contributed by atoms with Crippen LogP contribution in [0, 0.1) is 0 Å². The Kier molecular flexibility index (Phi) is 6.63. The number of hydrogen-bond acceptors (Lipinski definition) is 5. The Morgan fingerprint density at radius 2 is 0.915 bits per heavy atom. The third kappa shape index (κ3) is 4.77. The molecule has 274 valence electrons. The van der Waals surface area contributed by atoms with Crippen LogP contribution in [0.15, 0.2) is 191 Å². The summed E-state index contributed by atoms with van der Waals surface area (Å²) < 4.78 is 15.2. The van der Waals surface area contributed by atoms with Gasteiger partial charge in [-0.1, -0.05) is 121 Å². The molecule has 0 saturated carbocycles. The van der Waals surface area contributed by atoms with E-state index < -0.39 is 0 Å². The largest absolute Gasteiger partial charge is 0.456 e. The second-order valence-corrected chi connectivity index (χ2v) is 15.1. The highest BCUT2D eigenvalue weighted by molar-refractivity contribution is 6.23. The van der Waals surface area contributed by atoms with E-state index >= 15 is 0 Å². The van der Waals surface area contributed by atoms with Crippen molar-refractivity contribution in [1.29, 1.82) is 0 Å². The van der Waals surface area contributed by atoms with Crippen LogP contribution >= 0.6 is 0 Å². The standard InChI is InChI=1S/C53H30N4O2/c1-2-13-33-29-34(22-21-31(33)11-1)51-54-52(35-24-27-46-41(30-35)37-15-6-9-19-44(37)58-46)56-53(55-51)40-25-28-47-49(39-17-7-10-20-45(39)59-47)50(40)57-42-18-8-5-16-38(42)48-36-14-4-3-12-32(36)23-26-43(48)57/h1-30H. The van der Waals surface area contributed by atoms with Crippen LogP contribution in [0.3, 0.4) is 0 Å². The van der Waals surface area contributed by atoms with E-state index in [0.717, 1.165) is 88.1 Å².